The quantitative estimate of drug-likeness (QED) is 0.370. The predicted molar refractivity (Wildman–Crippen MR) is 84.2 cm³/mol. The molecule has 0 aliphatic heterocycles. The van der Waals surface area contributed by atoms with Gasteiger partial charge in [-0.3, -0.25) is 4.84 Å². The standard InChI is InChI=1S/C17H18N2O4/c1-2-7-13-8-6-9-14(16(13)20)12-18-19-23-17(21)22-15-10-4-3-5-11-15/h3-6,8-11,20H,2,7,12H2,1H3/b19-18+. The maximum absolute atomic E-state index is 11.4. The lowest BCUT2D eigenvalue weighted by Crippen LogP contribution is -2.06. The summed E-state index contributed by atoms with van der Waals surface area (Å²) in [6, 6.07) is 14.0. The summed E-state index contributed by atoms with van der Waals surface area (Å²) in [6.45, 7) is 2.15. The first-order valence-electron chi connectivity index (χ1n) is 7.31. The molecule has 23 heavy (non-hydrogen) atoms. The van der Waals surface area contributed by atoms with E-state index in [0.29, 0.717) is 11.3 Å². The number of aryl methyl sites for hydroxylation is 1. The van der Waals surface area contributed by atoms with Gasteiger partial charge in [-0.05, 0) is 24.1 Å². The maximum Gasteiger partial charge on any atom is 0.542 e. The molecule has 0 spiro atoms. The SMILES string of the molecule is CCCc1cccc(C/N=N/OC(=O)Oc2ccccc2)c1O. The first-order chi connectivity index (χ1) is 11.2. The summed E-state index contributed by atoms with van der Waals surface area (Å²) in [4.78, 5) is 15.9. The zero-order valence-corrected chi connectivity index (χ0v) is 12.8. The van der Waals surface area contributed by atoms with E-state index in [-0.39, 0.29) is 12.3 Å². The molecule has 0 saturated heterocycles. The second kappa shape index (κ2) is 8.53. The van der Waals surface area contributed by atoms with Gasteiger partial charge in [-0.1, -0.05) is 49.7 Å². The third-order valence-electron chi connectivity index (χ3n) is 3.08. The van der Waals surface area contributed by atoms with Crippen molar-refractivity contribution in [2.24, 2.45) is 10.4 Å². The van der Waals surface area contributed by atoms with Crippen molar-refractivity contribution in [2.45, 2.75) is 26.3 Å². The number of aromatic hydroxyl groups is 1. The monoisotopic (exact) mass is 314 g/mol. The van der Waals surface area contributed by atoms with Crippen molar-refractivity contribution in [3.8, 4) is 11.5 Å². The molecule has 0 aromatic heterocycles. The number of ether oxygens (including phenoxy) is 1. The molecule has 0 radical (unpaired) electrons. The summed E-state index contributed by atoms with van der Waals surface area (Å²) in [5, 5.41) is 17.1. The minimum Gasteiger partial charge on any atom is -0.507 e. The number of phenolic OH excluding ortho intramolecular Hbond substituents is 1. The number of benzene rings is 2. The number of carbonyl (C=O) groups is 1. The second-order valence-corrected chi connectivity index (χ2v) is 4.81. The number of rotatable bonds is 6. The number of hydrogen-bond donors (Lipinski definition) is 1. The number of phenols is 1. The Morgan fingerprint density at radius 1 is 1.09 bits per heavy atom. The molecule has 6 nitrogen and oxygen atoms in total. The van der Waals surface area contributed by atoms with Gasteiger partial charge in [0.15, 0.2) is 0 Å². The summed E-state index contributed by atoms with van der Waals surface area (Å²) >= 11 is 0. The normalized spacial score (nSPS) is 10.7. The lowest BCUT2D eigenvalue weighted by Gasteiger charge is -2.06. The van der Waals surface area contributed by atoms with E-state index in [1.54, 1.807) is 36.4 Å². The highest BCUT2D eigenvalue weighted by Crippen LogP contribution is 2.24. The molecule has 0 fully saturated rings. The predicted octanol–water partition coefficient (Wildman–Crippen LogP) is 4.43. The van der Waals surface area contributed by atoms with E-state index in [1.807, 2.05) is 19.1 Å². The van der Waals surface area contributed by atoms with Gasteiger partial charge in [0.1, 0.15) is 11.5 Å². The van der Waals surface area contributed by atoms with Gasteiger partial charge in [0.05, 0.1) is 6.54 Å². The number of hydrogen-bond acceptors (Lipinski definition) is 6. The van der Waals surface area contributed by atoms with Crippen molar-refractivity contribution in [3.63, 3.8) is 0 Å². The Kier molecular flexibility index (Phi) is 6.11. The minimum absolute atomic E-state index is 0.113. The Morgan fingerprint density at radius 2 is 1.83 bits per heavy atom. The van der Waals surface area contributed by atoms with Gasteiger partial charge in [0.2, 0.25) is 0 Å². The molecule has 0 aliphatic carbocycles. The van der Waals surface area contributed by atoms with Crippen molar-refractivity contribution in [2.75, 3.05) is 0 Å². The minimum atomic E-state index is -0.969. The average molecular weight is 314 g/mol. The molecular weight excluding hydrogens is 296 g/mol. The fourth-order valence-corrected chi connectivity index (χ4v) is 2.01. The van der Waals surface area contributed by atoms with Crippen LogP contribution in [-0.4, -0.2) is 11.3 Å². The molecule has 0 saturated carbocycles. The Labute approximate surface area is 134 Å². The lowest BCUT2D eigenvalue weighted by atomic mass is 10.1. The molecule has 0 atom stereocenters. The van der Waals surface area contributed by atoms with Gasteiger partial charge < -0.3 is 9.84 Å². The van der Waals surface area contributed by atoms with Crippen LogP contribution >= 0.6 is 0 Å². The number of para-hydroxylation sites is 2. The van der Waals surface area contributed by atoms with Crippen molar-refractivity contribution in [3.05, 3.63) is 59.7 Å². The number of carbonyl (C=O) groups excluding carboxylic acids is 1. The molecule has 2 aromatic carbocycles. The first-order valence-corrected chi connectivity index (χ1v) is 7.31. The van der Waals surface area contributed by atoms with Crippen LogP contribution < -0.4 is 4.74 Å². The van der Waals surface area contributed by atoms with Gasteiger partial charge >= 0.3 is 6.16 Å². The zero-order valence-electron chi connectivity index (χ0n) is 12.8. The van der Waals surface area contributed by atoms with E-state index >= 15 is 0 Å². The highest BCUT2D eigenvalue weighted by molar-refractivity contribution is 5.63. The molecule has 0 heterocycles. The van der Waals surface area contributed by atoms with Crippen LogP contribution in [0, 0.1) is 0 Å². The van der Waals surface area contributed by atoms with Crippen molar-refractivity contribution in [1.82, 2.24) is 0 Å². The summed E-state index contributed by atoms with van der Waals surface area (Å²) in [5.41, 5.74) is 1.49. The molecule has 0 bridgehead atoms. The van der Waals surface area contributed by atoms with E-state index in [9.17, 15) is 9.90 Å². The molecule has 0 unspecified atom stereocenters. The molecular formula is C17H18N2O4. The highest BCUT2D eigenvalue weighted by atomic mass is 16.8. The fraction of sp³-hybridized carbons (Fsp3) is 0.235. The van der Waals surface area contributed by atoms with Gasteiger partial charge in [-0.15, -0.1) is 5.11 Å². The third-order valence-corrected chi connectivity index (χ3v) is 3.08. The Balaban J connectivity index is 1.85. The summed E-state index contributed by atoms with van der Waals surface area (Å²) in [6.07, 6.45) is 0.757. The maximum atomic E-state index is 11.4. The second-order valence-electron chi connectivity index (χ2n) is 4.81. The molecule has 2 rings (SSSR count). The smallest absolute Gasteiger partial charge is 0.507 e. The van der Waals surface area contributed by atoms with E-state index in [4.69, 9.17) is 4.74 Å². The summed E-state index contributed by atoms with van der Waals surface area (Å²) in [5.74, 6) is 0.567. The topological polar surface area (TPSA) is 80.5 Å². The molecule has 0 amide bonds. The Hall–Kier alpha value is -2.89. The van der Waals surface area contributed by atoms with Gasteiger partial charge in [0, 0.05) is 10.8 Å². The van der Waals surface area contributed by atoms with Crippen LogP contribution in [0.1, 0.15) is 24.5 Å². The molecule has 0 aliphatic rings. The summed E-state index contributed by atoms with van der Waals surface area (Å²) in [7, 11) is 0. The van der Waals surface area contributed by atoms with E-state index in [0.717, 1.165) is 18.4 Å². The van der Waals surface area contributed by atoms with Crippen molar-refractivity contribution in [1.29, 1.82) is 0 Å². The lowest BCUT2D eigenvalue weighted by molar-refractivity contribution is 0.0932. The largest absolute Gasteiger partial charge is 0.542 e. The van der Waals surface area contributed by atoms with Gasteiger partial charge in [-0.25, -0.2) is 4.79 Å². The summed E-state index contributed by atoms with van der Waals surface area (Å²) < 4.78 is 4.88. The van der Waals surface area contributed by atoms with E-state index in [2.05, 4.69) is 15.2 Å². The van der Waals surface area contributed by atoms with E-state index < -0.39 is 6.16 Å². The van der Waals surface area contributed by atoms with Crippen LogP contribution in [0.5, 0.6) is 11.5 Å². The Morgan fingerprint density at radius 3 is 2.57 bits per heavy atom. The van der Waals surface area contributed by atoms with Crippen LogP contribution in [0.15, 0.2) is 58.9 Å². The van der Waals surface area contributed by atoms with Crippen molar-refractivity contribution >= 4 is 6.16 Å². The van der Waals surface area contributed by atoms with Crippen LogP contribution in [-0.2, 0) is 17.8 Å². The van der Waals surface area contributed by atoms with E-state index in [1.165, 1.54) is 0 Å². The molecule has 2 aromatic rings. The fourth-order valence-electron chi connectivity index (χ4n) is 2.01. The van der Waals surface area contributed by atoms with Crippen LogP contribution in [0.4, 0.5) is 4.79 Å². The van der Waals surface area contributed by atoms with Gasteiger partial charge in [-0.2, -0.15) is 0 Å². The van der Waals surface area contributed by atoms with Crippen LogP contribution in [0.2, 0.25) is 0 Å². The average Bonchev–Trinajstić information content (AvgIpc) is 2.56. The molecule has 6 heteroatoms. The molecule has 120 valence electrons. The Bertz CT molecular complexity index is 672. The van der Waals surface area contributed by atoms with Crippen LogP contribution in [0.25, 0.3) is 0 Å². The van der Waals surface area contributed by atoms with Gasteiger partial charge in [0.25, 0.3) is 0 Å². The number of nitrogens with zero attached hydrogens (tertiary/aromatic N) is 2. The van der Waals surface area contributed by atoms with Crippen molar-refractivity contribution < 1.29 is 19.5 Å². The first kappa shape index (κ1) is 16.5. The third kappa shape index (κ3) is 5.10. The molecule has 1 N–H and O–H groups in total. The van der Waals surface area contributed by atoms with Crippen LogP contribution in [0.3, 0.4) is 0 Å². The zero-order chi connectivity index (χ0) is 16.5. The highest BCUT2D eigenvalue weighted by Gasteiger charge is 2.07.